The Kier molecular flexibility index (Phi) is 2.91. The third-order valence-corrected chi connectivity index (χ3v) is 6.46. The molecule has 0 spiro atoms. The molecule has 1 heterocycles. The second kappa shape index (κ2) is 4.29. The van der Waals surface area contributed by atoms with E-state index in [2.05, 4.69) is 19.9 Å². The average molecular weight is 289 g/mol. The molecule has 1 aliphatic rings. The van der Waals surface area contributed by atoms with Crippen LogP contribution in [0.2, 0.25) is 0 Å². The van der Waals surface area contributed by atoms with Crippen LogP contribution in [0.1, 0.15) is 44.5 Å². The van der Waals surface area contributed by atoms with Crippen LogP contribution in [0, 0.1) is 10.8 Å². The first-order chi connectivity index (χ1) is 9.36. The second-order valence-corrected chi connectivity index (χ2v) is 7.53. The van der Waals surface area contributed by atoms with E-state index in [1.54, 1.807) is 11.3 Å². The van der Waals surface area contributed by atoms with E-state index in [4.69, 9.17) is 4.98 Å². The lowest BCUT2D eigenvalue weighted by Crippen LogP contribution is -2.39. The second-order valence-electron chi connectivity index (χ2n) is 6.47. The van der Waals surface area contributed by atoms with Gasteiger partial charge in [0.05, 0.1) is 20.6 Å². The number of nitrogens with zero attached hydrogens (tertiary/aromatic N) is 1. The number of benzene rings is 1. The van der Waals surface area contributed by atoms with E-state index in [1.165, 1.54) is 4.70 Å². The highest BCUT2D eigenvalue weighted by atomic mass is 32.1. The normalized spacial score (nSPS) is 28.9. The number of thiazole rings is 1. The molecule has 0 radical (unpaired) electrons. The van der Waals surface area contributed by atoms with Crippen LogP contribution in [0.15, 0.2) is 24.3 Å². The van der Waals surface area contributed by atoms with Gasteiger partial charge >= 0.3 is 5.97 Å². The molecule has 3 nitrogen and oxygen atoms in total. The van der Waals surface area contributed by atoms with Crippen molar-refractivity contribution in [3.8, 4) is 0 Å². The zero-order chi connectivity index (χ0) is 14.5. The fourth-order valence-electron chi connectivity index (χ4n) is 3.35. The molecule has 0 aliphatic heterocycles. The van der Waals surface area contributed by atoms with Crippen molar-refractivity contribution in [3.63, 3.8) is 0 Å². The third-order valence-electron chi connectivity index (χ3n) is 5.31. The number of carbonyl (C=O) groups is 1. The monoisotopic (exact) mass is 289 g/mol. The van der Waals surface area contributed by atoms with Crippen molar-refractivity contribution < 1.29 is 9.90 Å². The van der Waals surface area contributed by atoms with Crippen LogP contribution in [0.3, 0.4) is 0 Å². The maximum Gasteiger partial charge on any atom is 0.309 e. The van der Waals surface area contributed by atoms with Gasteiger partial charge in [-0.2, -0.15) is 0 Å². The van der Waals surface area contributed by atoms with E-state index in [1.807, 2.05) is 25.1 Å². The van der Waals surface area contributed by atoms with Crippen molar-refractivity contribution in [2.45, 2.75) is 39.5 Å². The van der Waals surface area contributed by atoms with Gasteiger partial charge in [-0.05, 0) is 37.3 Å². The molecule has 2 aromatic rings. The summed E-state index contributed by atoms with van der Waals surface area (Å²) in [6, 6.07) is 8.11. The number of rotatable bonds is 2. The predicted molar refractivity (Wildman–Crippen MR) is 81.1 cm³/mol. The predicted octanol–water partition coefficient (Wildman–Crippen LogP) is 4.29. The van der Waals surface area contributed by atoms with Gasteiger partial charge in [0.1, 0.15) is 0 Å². The zero-order valence-electron chi connectivity index (χ0n) is 12.0. The molecule has 1 aromatic heterocycles. The molecule has 20 heavy (non-hydrogen) atoms. The molecule has 1 aromatic carbocycles. The van der Waals surface area contributed by atoms with E-state index in [-0.39, 0.29) is 11.3 Å². The van der Waals surface area contributed by atoms with Crippen LogP contribution in [-0.2, 0) is 4.79 Å². The van der Waals surface area contributed by atoms with Crippen LogP contribution in [0.4, 0.5) is 0 Å². The van der Waals surface area contributed by atoms with Crippen molar-refractivity contribution in [2.75, 3.05) is 0 Å². The molecule has 1 N–H and O–H groups in total. The summed E-state index contributed by atoms with van der Waals surface area (Å²) in [6.07, 6.45) is 1.62. The van der Waals surface area contributed by atoms with Crippen molar-refractivity contribution >= 4 is 27.5 Å². The molecule has 0 unspecified atom stereocenters. The molecule has 1 aliphatic carbocycles. The van der Waals surface area contributed by atoms with Crippen molar-refractivity contribution in [1.82, 2.24) is 4.98 Å². The molecule has 0 saturated heterocycles. The van der Waals surface area contributed by atoms with Gasteiger partial charge in [0.2, 0.25) is 0 Å². The summed E-state index contributed by atoms with van der Waals surface area (Å²) in [5.41, 5.74) is 0.0645. The lowest BCUT2D eigenvalue weighted by Gasteiger charge is -2.37. The lowest BCUT2D eigenvalue weighted by molar-refractivity contribution is -0.153. The van der Waals surface area contributed by atoms with Crippen LogP contribution in [0.5, 0.6) is 0 Å². The van der Waals surface area contributed by atoms with Gasteiger partial charge in [-0.15, -0.1) is 11.3 Å². The molecular formula is C16H19NO2S. The molecule has 1 fully saturated rings. The van der Waals surface area contributed by atoms with E-state index >= 15 is 0 Å². The Morgan fingerprint density at radius 1 is 1.35 bits per heavy atom. The van der Waals surface area contributed by atoms with Gasteiger partial charge in [0.15, 0.2) is 0 Å². The summed E-state index contributed by atoms with van der Waals surface area (Å²) in [4.78, 5) is 16.4. The lowest BCUT2D eigenvalue weighted by atomic mass is 9.66. The van der Waals surface area contributed by atoms with Crippen LogP contribution in [-0.4, -0.2) is 16.1 Å². The zero-order valence-corrected chi connectivity index (χ0v) is 12.8. The Morgan fingerprint density at radius 3 is 2.65 bits per heavy atom. The van der Waals surface area contributed by atoms with Gasteiger partial charge in [0, 0.05) is 5.92 Å². The van der Waals surface area contributed by atoms with Gasteiger partial charge in [-0.25, -0.2) is 4.98 Å². The first-order valence-corrected chi connectivity index (χ1v) is 7.77. The highest BCUT2D eigenvalue weighted by molar-refractivity contribution is 7.18. The maximum absolute atomic E-state index is 11.7. The van der Waals surface area contributed by atoms with E-state index in [0.29, 0.717) is 0 Å². The van der Waals surface area contributed by atoms with Gasteiger partial charge < -0.3 is 5.11 Å². The number of hydrogen-bond donors (Lipinski definition) is 1. The van der Waals surface area contributed by atoms with Crippen molar-refractivity contribution in [3.05, 3.63) is 29.3 Å². The third kappa shape index (κ3) is 1.71. The van der Waals surface area contributed by atoms with E-state index in [9.17, 15) is 9.90 Å². The number of para-hydroxylation sites is 1. The molecule has 1 saturated carbocycles. The topological polar surface area (TPSA) is 50.2 Å². The molecule has 106 valence electrons. The maximum atomic E-state index is 11.7. The van der Waals surface area contributed by atoms with Crippen molar-refractivity contribution in [2.24, 2.45) is 10.8 Å². The number of fused-ring (bicyclic) bond motifs is 1. The Hall–Kier alpha value is -1.42. The molecule has 4 heteroatoms. The molecule has 2 atom stereocenters. The van der Waals surface area contributed by atoms with Gasteiger partial charge in [-0.1, -0.05) is 26.0 Å². The van der Waals surface area contributed by atoms with Gasteiger partial charge in [-0.3, -0.25) is 4.79 Å². The minimum Gasteiger partial charge on any atom is -0.481 e. The summed E-state index contributed by atoms with van der Waals surface area (Å²) in [6.45, 7) is 6.03. The number of hydrogen-bond acceptors (Lipinski definition) is 3. The number of carboxylic acid groups (broad SMARTS) is 1. The number of aliphatic carboxylic acids is 1. The van der Waals surface area contributed by atoms with Crippen molar-refractivity contribution in [1.29, 1.82) is 0 Å². The van der Waals surface area contributed by atoms with Crippen LogP contribution < -0.4 is 0 Å². The Bertz CT molecular complexity index is 643. The standard InChI is InChI=1S/C16H19NO2S/c1-15(2)10(8-9-16(15,3)14(18)19)13-17-11-6-4-5-7-12(11)20-13/h4-7,10H,8-9H2,1-3H3,(H,18,19)/t10-,16-/m0/s1. The SMILES string of the molecule is CC1(C)[C@H](c2nc3ccccc3s2)CC[C@@]1(C)C(=O)O. The Balaban J connectivity index is 2.05. The molecule has 3 rings (SSSR count). The summed E-state index contributed by atoms with van der Waals surface area (Å²) >= 11 is 1.71. The fourth-order valence-corrected chi connectivity index (χ4v) is 4.64. The molecule has 0 amide bonds. The number of aromatic nitrogens is 1. The minimum absolute atomic E-state index is 0.223. The summed E-state index contributed by atoms with van der Waals surface area (Å²) in [5, 5.41) is 10.7. The highest BCUT2D eigenvalue weighted by Gasteiger charge is 2.57. The molecule has 0 bridgehead atoms. The first kappa shape index (κ1) is 13.6. The number of carboxylic acids is 1. The quantitative estimate of drug-likeness (QED) is 0.897. The summed E-state index contributed by atoms with van der Waals surface area (Å²) in [7, 11) is 0. The highest BCUT2D eigenvalue weighted by Crippen LogP contribution is 2.60. The first-order valence-electron chi connectivity index (χ1n) is 6.95. The largest absolute Gasteiger partial charge is 0.481 e. The minimum atomic E-state index is -0.689. The Morgan fingerprint density at radius 2 is 2.05 bits per heavy atom. The average Bonchev–Trinajstić information content (AvgIpc) is 2.90. The fraction of sp³-hybridized carbons (Fsp3) is 0.500. The summed E-state index contributed by atoms with van der Waals surface area (Å²) < 4.78 is 1.18. The van der Waals surface area contributed by atoms with E-state index in [0.717, 1.165) is 23.4 Å². The smallest absolute Gasteiger partial charge is 0.309 e. The van der Waals surface area contributed by atoms with Crippen LogP contribution in [0.25, 0.3) is 10.2 Å². The molecular weight excluding hydrogens is 270 g/mol. The summed E-state index contributed by atoms with van der Waals surface area (Å²) in [5.74, 6) is -0.466. The van der Waals surface area contributed by atoms with Gasteiger partial charge in [0.25, 0.3) is 0 Å². The van der Waals surface area contributed by atoms with Crippen LogP contribution >= 0.6 is 11.3 Å². The van der Waals surface area contributed by atoms with E-state index < -0.39 is 11.4 Å². The Labute approximate surface area is 122 Å².